The minimum Gasteiger partial charge on any atom is -0.478 e. The van der Waals surface area contributed by atoms with Crippen molar-refractivity contribution in [1.29, 1.82) is 0 Å². The Bertz CT molecular complexity index is 1380. The van der Waals surface area contributed by atoms with Gasteiger partial charge in [0.15, 0.2) is 0 Å². The number of hydrogen-bond donors (Lipinski definition) is 1. The summed E-state index contributed by atoms with van der Waals surface area (Å²) in [5, 5.41) is 17.0. The molecule has 0 aliphatic carbocycles. The van der Waals surface area contributed by atoms with Gasteiger partial charge in [0.25, 0.3) is 0 Å². The molecule has 3 aromatic carbocycles. The molecule has 0 saturated carbocycles. The first-order chi connectivity index (χ1) is 14.8. The molecular weight excluding hydrogens is 438 g/mol. The summed E-state index contributed by atoms with van der Waals surface area (Å²) in [6.07, 6.45) is 0. The summed E-state index contributed by atoms with van der Waals surface area (Å²) >= 11 is 6.16. The molecule has 0 atom stereocenters. The zero-order chi connectivity index (χ0) is 22.2. The van der Waals surface area contributed by atoms with Crippen molar-refractivity contribution in [2.24, 2.45) is 0 Å². The quantitative estimate of drug-likeness (QED) is 0.479. The van der Waals surface area contributed by atoms with Gasteiger partial charge in [-0.05, 0) is 43.3 Å². The standard InChI is InChI=1S/C22H16ClN3O4S/c1-14-6-8-15(9-7-14)20-21(31(29,30)19-5-3-2-4-18(19)23)24-25-26(20)17-12-10-16(11-13-17)22(27)28/h2-13H,1H3,(H,27,28). The number of hydrogen-bond acceptors (Lipinski definition) is 5. The van der Waals surface area contributed by atoms with E-state index in [0.717, 1.165) is 5.56 Å². The highest BCUT2D eigenvalue weighted by atomic mass is 35.5. The van der Waals surface area contributed by atoms with E-state index in [4.69, 9.17) is 16.7 Å². The van der Waals surface area contributed by atoms with E-state index in [1.807, 2.05) is 19.1 Å². The van der Waals surface area contributed by atoms with Gasteiger partial charge in [0.2, 0.25) is 14.9 Å². The molecule has 1 aromatic heterocycles. The van der Waals surface area contributed by atoms with Crippen LogP contribution in [-0.4, -0.2) is 34.5 Å². The molecule has 0 amide bonds. The summed E-state index contributed by atoms with van der Waals surface area (Å²) in [6.45, 7) is 1.92. The van der Waals surface area contributed by atoms with E-state index < -0.39 is 15.8 Å². The van der Waals surface area contributed by atoms with Crippen molar-refractivity contribution in [2.75, 3.05) is 0 Å². The fourth-order valence-electron chi connectivity index (χ4n) is 3.10. The fraction of sp³-hybridized carbons (Fsp3) is 0.0455. The lowest BCUT2D eigenvalue weighted by Crippen LogP contribution is -2.07. The Hall–Kier alpha value is -3.49. The molecule has 0 fully saturated rings. The zero-order valence-corrected chi connectivity index (χ0v) is 17.8. The predicted molar refractivity (Wildman–Crippen MR) is 115 cm³/mol. The number of aromatic nitrogens is 3. The first-order valence-electron chi connectivity index (χ1n) is 9.15. The summed E-state index contributed by atoms with van der Waals surface area (Å²) in [4.78, 5) is 11.1. The molecule has 7 nitrogen and oxygen atoms in total. The number of carboxylic acids is 1. The first kappa shape index (κ1) is 20.8. The molecule has 4 rings (SSSR count). The molecule has 0 bridgehead atoms. The van der Waals surface area contributed by atoms with Crippen molar-refractivity contribution >= 4 is 27.4 Å². The van der Waals surface area contributed by atoms with Crippen molar-refractivity contribution < 1.29 is 18.3 Å². The fourth-order valence-corrected chi connectivity index (χ4v) is 4.93. The first-order valence-corrected chi connectivity index (χ1v) is 11.0. The number of sulfone groups is 1. The van der Waals surface area contributed by atoms with Crippen molar-refractivity contribution in [3.8, 4) is 16.9 Å². The Balaban J connectivity index is 1.96. The van der Waals surface area contributed by atoms with Gasteiger partial charge in [0, 0.05) is 5.56 Å². The lowest BCUT2D eigenvalue weighted by Gasteiger charge is -2.10. The number of nitrogens with zero attached hydrogens (tertiary/aromatic N) is 3. The minimum absolute atomic E-state index is 0.0710. The number of aryl methyl sites for hydroxylation is 1. The second-order valence-electron chi connectivity index (χ2n) is 6.81. The Morgan fingerprint density at radius 1 is 0.968 bits per heavy atom. The molecule has 156 valence electrons. The van der Waals surface area contributed by atoms with Crippen molar-refractivity contribution in [1.82, 2.24) is 15.0 Å². The maximum atomic E-state index is 13.4. The van der Waals surface area contributed by atoms with Gasteiger partial charge in [-0.1, -0.05) is 58.8 Å². The minimum atomic E-state index is -4.09. The van der Waals surface area contributed by atoms with Gasteiger partial charge in [-0.15, -0.1) is 5.10 Å². The van der Waals surface area contributed by atoms with E-state index in [1.165, 1.54) is 28.9 Å². The molecule has 4 aromatic rings. The van der Waals surface area contributed by atoms with E-state index in [1.54, 1.807) is 36.4 Å². The maximum absolute atomic E-state index is 13.4. The largest absolute Gasteiger partial charge is 0.478 e. The molecule has 0 spiro atoms. The van der Waals surface area contributed by atoms with Crippen LogP contribution in [0.1, 0.15) is 15.9 Å². The number of carboxylic acid groups (broad SMARTS) is 1. The SMILES string of the molecule is Cc1ccc(-c2c(S(=O)(=O)c3ccccc3Cl)nnn2-c2ccc(C(=O)O)cc2)cc1. The number of carbonyl (C=O) groups is 1. The molecule has 0 unspecified atom stereocenters. The van der Waals surface area contributed by atoms with Gasteiger partial charge in [-0.25, -0.2) is 17.9 Å². The maximum Gasteiger partial charge on any atom is 0.335 e. The summed E-state index contributed by atoms with van der Waals surface area (Å²) in [6, 6.07) is 19.3. The number of rotatable bonds is 5. The van der Waals surface area contributed by atoms with Crippen LogP contribution in [-0.2, 0) is 9.84 Å². The van der Waals surface area contributed by atoms with Crippen molar-refractivity contribution in [3.05, 3.63) is 88.9 Å². The molecular formula is C22H16ClN3O4S. The van der Waals surface area contributed by atoms with E-state index in [0.29, 0.717) is 11.3 Å². The number of benzene rings is 3. The lowest BCUT2D eigenvalue weighted by molar-refractivity contribution is 0.0697. The van der Waals surface area contributed by atoms with Crippen LogP contribution in [0.15, 0.2) is 82.7 Å². The van der Waals surface area contributed by atoms with Crippen LogP contribution in [0.5, 0.6) is 0 Å². The Morgan fingerprint density at radius 3 is 2.23 bits per heavy atom. The molecule has 1 heterocycles. The van der Waals surface area contributed by atoms with E-state index in [-0.39, 0.29) is 26.2 Å². The second kappa shape index (κ2) is 7.98. The van der Waals surface area contributed by atoms with Crippen molar-refractivity contribution in [2.45, 2.75) is 16.8 Å². The molecule has 0 aliphatic rings. The summed E-state index contributed by atoms with van der Waals surface area (Å²) in [5.41, 5.74) is 2.41. The molecule has 1 N–H and O–H groups in total. The van der Waals surface area contributed by atoms with Crippen LogP contribution >= 0.6 is 11.6 Å². The topological polar surface area (TPSA) is 102 Å². The molecule has 0 aliphatic heterocycles. The van der Waals surface area contributed by atoms with E-state index >= 15 is 0 Å². The number of aromatic carboxylic acids is 1. The van der Waals surface area contributed by atoms with Crippen LogP contribution < -0.4 is 0 Å². The van der Waals surface area contributed by atoms with Gasteiger partial charge in [0.05, 0.1) is 21.2 Å². The van der Waals surface area contributed by atoms with Crippen LogP contribution in [0, 0.1) is 6.92 Å². The smallest absolute Gasteiger partial charge is 0.335 e. The third-order valence-electron chi connectivity index (χ3n) is 4.70. The van der Waals surface area contributed by atoms with Crippen molar-refractivity contribution in [3.63, 3.8) is 0 Å². The summed E-state index contributed by atoms with van der Waals surface area (Å²) < 4.78 is 28.2. The van der Waals surface area contributed by atoms with Crippen LogP contribution in [0.4, 0.5) is 0 Å². The summed E-state index contributed by atoms with van der Waals surface area (Å²) in [5.74, 6) is -1.06. The van der Waals surface area contributed by atoms with Crippen LogP contribution in [0.2, 0.25) is 5.02 Å². The monoisotopic (exact) mass is 453 g/mol. The third-order valence-corrected chi connectivity index (χ3v) is 6.86. The Morgan fingerprint density at radius 2 is 1.61 bits per heavy atom. The van der Waals surface area contributed by atoms with Gasteiger partial charge in [0.1, 0.15) is 5.69 Å². The highest BCUT2D eigenvalue weighted by Gasteiger charge is 2.30. The lowest BCUT2D eigenvalue weighted by atomic mass is 10.1. The van der Waals surface area contributed by atoms with Gasteiger partial charge >= 0.3 is 5.97 Å². The predicted octanol–water partition coefficient (Wildman–Crippen LogP) is 4.43. The number of halogens is 1. The van der Waals surface area contributed by atoms with Gasteiger partial charge in [-0.3, -0.25) is 0 Å². The van der Waals surface area contributed by atoms with E-state index in [2.05, 4.69) is 10.3 Å². The summed E-state index contributed by atoms with van der Waals surface area (Å²) in [7, 11) is -4.09. The normalized spacial score (nSPS) is 11.4. The molecule has 0 saturated heterocycles. The molecule has 9 heteroatoms. The second-order valence-corrected chi connectivity index (χ2v) is 9.05. The van der Waals surface area contributed by atoms with Gasteiger partial charge < -0.3 is 5.11 Å². The van der Waals surface area contributed by atoms with Crippen LogP contribution in [0.25, 0.3) is 16.9 Å². The highest BCUT2D eigenvalue weighted by Crippen LogP contribution is 2.34. The molecule has 31 heavy (non-hydrogen) atoms. The molecule has 0 radical (unpaired) electrons. The average Bonchev–Trinajstić information content (AvgIpc) is 3.20. The third kappa shape index (κ3) is 3.83. The zero-order valence-electron chi connectivity index (χ0n) is 16.2. The highest BCUT2D eigenvalue weighted by molar-refractivity contribution is 7.91. The Kier molecular flexibility index (Phi) is 5.34. The Labute approximate surface area is 183 Å². The van der Waals surface area contributed by atoms with Crippen LogP contribution in [0.3, 0.4) is 0 Å². The average molecular weight is 454 g/mol. The van der Waals surface area contributed by atoms with Gasteiger partial charge in [-0.2, -0.15) is 0 Å². The van der Waals surface area contributed by atoms with E-state index in [9.17, 15) is 13.2 Å².